The summed E-state index contributed by atoms with van der Waals surface area (Å²) in [4.78, 5) is 23.7. The van der Waals surface area contributed by atoms with E-state index in [1.54, 1.807) is 0 Å². The van der Waals surface area contributed by atoms with Crippen molar-refractivity contribution >= 4 is 11.7 Å². The third-order valence-electron chi connectivity index (χ3n) is 6.27. The van der Waals surface area contributed by atoms with E-state index in [4.69, 9.17) is 4.98 Å². The van der Waals surface area contributed by atoms with Gasteiger partial charge in [0.25, 0.3) is 5.91 Å². The monoisotopic (exact) mass is 381 g/mol. The molecule has 1 N–H and O–H groups in total. The Morgan fingerprint density at radius 3 is 2.71 bits per heavy atom. The van der Waals surface area contributed by atoms with Crippen LogP contribution < -0.4 is 10.2 Å². The van der Waals surface area contributed by atoms with Gasteiger partial charge in [-0.05, 0) is 39.0 Å². The molecule has 2 aromatic rings. The van der Waals surface area contributed by atoms with Gasteiger partial charge < -0.3 is 14.8 Å². The summed E-state index contributed by atoms with van der Waals surface area (Å²) in [5.74, 6) is 4.34. The van der Waals surface area contributed by atoms with Crippen LogP contribution in [0.15, 0.2) is 0 Å². The highest BCUT2D eigenvalue weighted by Crippen LogP contribution is 2.32. The molecule has 0 bridgehead atoms. The fourth-order valence-electron chi connectivity index (χ4n) is 4.80. The van der Waals surface area contributed by atoms with Crippen molar-refractivity contribution in [3.05, 3.63) is 28.7 Å². The third-order valence-corrected chi connectivity index (χ3v) is 6.27. The summed E-state index contributed by atoms with van der Waals surface area (Å²) in [6.45, 7) is 5.44. The van der Waals surface area contributed by atoms with Gasteiger partial charge in [0.15, 0.2) is 0 Å². The van der Waals surface area contributed by atoms with E-state index in [2.05, 4.69) is 30.0 Å². The predicted molar refractivity (Wildman–Crippen MR) is 105 cm³/mol. The van der Waals surface area contributed by atoms with Crippen LogP contribution in [-0.2, 0) is 19.4 Å². The van der Waals surface area contributed by atoms with E-state index in [1.165, 1.54) is 30.9 Å². The molecule has 5 heterocycles. The zero-order chi connectivity index (χ0) is 19.1. The van der Waals surface area contributed by atoms with E-state index in [9.17, 15) is 4.79 Å². The maximum absolute atomic E-state index is 12.2. The number of hydrogen-bond donors (Lipinski definition) is 1. The number of aryl methyl sites for hydroxylation is 2. The molecule has 2 aromatic heterocycles. The Labute approximate surface area is 164 Å². The quantitative estimate of drug-likeness (QED) is 0.853. The zero-order valence-electron chi connectivity index (χ0n) is 16.4. The van der Waals surface area contributed by atoms with Crippen molar-refractivity contribution in [2.24, 2.45) is 0 Å². The fraction of sp³-hybridized carbons (Fsp3) is 0.650. The van der Waals surface area contributed by atoms with Crippen molar-refractivity contribution in [2.75, 3.05) is 24.5 Å². The highest BCUT2D eigenvalue weighted by molar-refractivity contribution is 5.96. The van der Waals surface area contributed by atoms with Crippen molar-refractivity contribution in [3.8, 4) is 0 Å². The van der Waals surface area contributed by atoms with Gasteiger partial charge in [0.1, 0.15) is 29.0 Å². The highest BCUT2D eigenvalue weighted by Gasteiger charge is 2.30. The van der Waals surface area contributed by atoms with Crippen LogP contribution in [0.25, 0.3) is 0 Å². The molecule has 0 radical (unpaired) electrons. The van der Waals surface area contributed by atoms with Crippen LogP contribution in [0.2, 0.25) is 0 Å². The average molecular weight is 381 g/mol. The van der Waals surface area contributed by atoms with E-state index in [1.807, 2.05) is 6.92 Å². The van der Waals surface area contributed by atoms with E-state index >= 15 is 0 Å². The van der Waals surface area contributed by atoms with Gasteiger partial charge in [-0.2, -0.15) is 0 Å². The van der Waals surface area contributed by atoms with Crippen molar-refractivity contribution in [3.63, 3.8) is 0 Å². The second kappa shape index (κ2) is 7.14. The van der Waals surface area contributed by atoms with Crippen LogP contribution in [0, 0.1) is 6.92 Å². The first kappa shape index (κ1) is 17.6. The lowest BCUT2D eigenvalue weighted by atomic mass is 9.95. The molecule has 0 atom stereocenters. The number of carbonyl (C=O) groups excluding carboxylic acids is 1. The molecule has 1 saturated heterocycles. The van der Waals surface area contributed by atoms with E-state index < -0.39 is 0 Å². The summed E-state index contributed by atoms with van der Waals surface area (Å²) in [5.41, 5.74) is 1.56. The minimum absolute atomic E-state index is 0.0750. The van der Waals surface area contributed by atoms with Crippen LogP contribution >= 0.6 is 0 Å². The Morgan fingerprint density at radius 2 is 1.86 bits per heavy atom. The number of fused-ring (bicyclic) bond motifs is 2. The van der Waals surface area contributed by atoms with Crippen molar-refractivity contribution in [1.82, 2.24) is 30.0 Å². The minimum Gasteiger partial charge on any atom is -0.356 e. The van der Waals surface area contributed by atoms with E-state index in [0.29, 0.717) is 24.0 Å². The number of carbonyl (C=O) groups is 1. The van der Waals surface area contributed by atoms with Crippen molar-refractivity contribution in [2.45, 2.75) is 64.3 Å². The maximum Gasteiger partial charge on any atom is 0.270 e. The first-order valence-electron chi connectivity index (χ1n) is 10.5. The Morgan fingerprint density at radius 1 is 1.00 bits per heavy atom. The minimum atomic E-state index is -0.0750. The smallest absolute Gasteiger partial charge is 0.270 e. The highest BCUT2D eigenvalue weighted by atomic mass is 16.1. The van der Waals surface area contributed by atoms with Crippen LogP contribution in [0.5, 0.6) is 0 Å². The second-order valence-corrected chi connectivity index (χ2v) is 8.13. The average Bonchev–Trinajstić information content (AvgIpc) is 2.96. The van der Waals surface area contributed by atoms with Crippen molar-refractivity contribution in [1.29, 1.82) is 0 Å². The molecule has 8 nitrogen and oxygen atoms in total. The van der Waals surface area contributed by atoms with Crippen LogP contribution in [0.3, 0.4) is 0 Å². The molecule has 8 heteroatoms. The number of amides is 1. The predicted octanol–water partition coefficient (Wildman–Crippen LogP) is 1.77. The topological polar surface area (TPSA) is 88.8 Å². The molecule has 0 saturated carbocycles. The number of piperidine rings is 1. The SMILES string of the molecule is Cc1nc2c(c(N3CCC(c4nnc5n4CCCCC5)CC3)n1)CCNC2=O. The summed E-state index contributed by atoms with van der Waals surface area (Å²) < 4.78 is 2.38. The lowest BCUT2D eigenvalue weighted by molar-refractivity contribution is 0.0940. The van der Waals surface area contributed by atoms with Gasteiger partial charge in [-0.25, -0.2) is 9.97 Å². The molecule has 0 aromatic carbocycles. The lowest BCUT2D eigenvalue weighted by Gasteiger charge is -2.34. The first-order chi connectivity index (χ1) is 13.7. The Balaban J connectivity index is 1.36. The third kappa shape index (κ3) is 3.04. The van der Waals surface area contributed by atoms with Crippen LogP contribution in [0.4, 0.5) is 5.82 Å². The molecule has 0 unspecified atom stereocenters. The second-order valence-electron chi connectivity index (χ2n) is 8.13. The number of aromatic nitrogens is 5. The van der Waals surface area contributed by atoms with E-state index in [0.717, 1.165) is 56.7 Å². The van der Waals surface area contributed by atoms with Gasteiger partial charge in [0, 0.05) is 44.1 Å². The van der Waals surface area contributed by atoms with Gasteiger partial charge in [0.05, 0.1) is 0 Å². The molecule has 3 aliphatic heterocycles. The Bertz CT molecular complexity index is 898. The summed E-state index contributed by atoms with van der Waals surface area (Å²) in [6, 6.07) is 0. The molecule has 28 heavy (non-hydrogen) atoms. The van der Waals surface area contributed by atoms with Crippen LogP contribution in [0.1, 0.15) is 71.5 Å². The lowest BCUT2D eigenvalue weighted by Crippen LogP contribution is -2.39. The first-order valence-corrected chi connectivity index (χ1v) is 10.5. The number of nitrogens with zero attached hydrogens (tertiary/aromatic N) is 6. The standard InChI is InChI=1S/C20H27N7O/c1-13-22-17-15(6-9-21-20(17)28)19(23-13)26-11-7-14(8-12-26)18-25-24-16-5-3-2-4-10-27(16)18/h14H,2-12H2,1H3,(H,21,28). The molecule has 1 amide bonds. The number of hydrogen-bond acceptors (Lipinski definition) is 6. The zero-order valence-corrected chi connectivity index (χ0v) is 16.4. The number of nitrogens with one attached hydrogen (secondary N) is 1. The largest absolute Gasteiger partial charge is 0.356 e. The molecule has 3 aliphatic rings. The molecule has 0 aliphatic carbocycles. The molecule has 5 rings (SSSR count). The summed E-state index contributed by atoms with van der Waals surface area (Å²) in [6.07, 6.45) is 7.68. The number of rotatable bonds is 2. The normalized spacial score (nSPS) is 20.3. The van der Waals surface area contributed by atoms with Gasteiger partial charge in [0.2, 0.25) is 0 Å². The number of anilines is 1. The summed E-state index contributed by atoms with van der Waals surface area (Å²) in [7, 11) is 0. The molecule has 1 fully saturated rings. The van der Waals surface area contributed by atoms with E-state index in [-0.39, 0.29) is 5.91 Å². The Hall–Kier alpha value is -2.51. The van der Waals surface area contributed by atoms with Gasteiger partial charge >= 0.3 is 0 Å². The molecule has 148 valence electrons. The molecular weight excluding hydrogens is 354 g/mol. The van der Waals surface area contributed by atoms with Gasteiger partial charge in [-0.15, -0.1) is 10.2 Å². The molecule has 0 spiro atoms. The fourth-order valence-corrected chi connectivity index (χ4v) is 4.80. The van der Waals surface area contributed by atoms with Crippen molar-refractivity contribution < 1.29 is 4.79 Å². The van der Waals surface area contributed by atoms with Gasteiger partial charge in [-0.3, -0.25) is 4.79 Å². The summed E-state index contributed by atoms with van der Waals surface area (Å²) in [5, 5.41) is 11.9. The Kier molecular flexibility index (Phi) is 4.49. The summed E-state index contributed by atoms with van der Waals surface area (Å²) >= 11 is 0. The van der Waals surface area contributed by atoms with Crippen LogP contribution in [-0.4, -0.2) is 50.3 Å². The maximum atomic E-state index is 12.2. The molecular formula is C20H27N7O. The van der Waals surface area contributed by atoms with Gasteiger partial charge in [-0.1, -0.05) is 6.42 Å².